The molecule has 6 rings (SSSR count). The number of thiazole rings is 1. The second kappa shape index (κ2) is 14.6. The molecule has 43 heavy (non-hydrogen) atoms. The normalized spacial score (nSPS) is 10.8. The van der Waals surface area contributed by atoms with E-state index in [4.69, 9.17) is 14.5 Å². The van der Waals surface area contributed by atoms with Crippen LogP contribution in [0.5, 0.6) is 0 Å². The Morgan fingerprint density at radius 1 is 0.930 bits per heavy atom. The smallest absolute Gasteiger partial charge is 0.296 e. The van der Waals surface area contributed by atoms with E-state index in [0.29, 0.717) is 24.6 Å². The van der Waals surface area contributed by atoms with E-state index in [1.54, 1.807) is 15.9 Å². The van der Waals surface area contributed by atoms with Crippen molar-refractivity contribution in [1.29, 1.82) is 0 Å². The molecule has 6 aromatic rings. The third-order valence-corrected chi connectivity index (χ3v) is 8.23. The molecule has 3 aromatic carbocycles. The van der Waals surface area contributed by atoms with Crippen molar-refractivity contribution in [1.82, 2.24) is 24.7 Å². The summed E-state index contributed by atoms with van der Waals surface area (Å²) in [4.78, 5) is 37.8. The summed E-state index contributed by atoms with van der Waals surface area (Å²) in [5, 5.41) is 4.75. The molecule has 0 fully saturated rings. The SMILES string of the molecule is CCCCc1nc(C)n(Cc2nc3ccccc3s2)c(=O)c1Cc1ccc(-c2ccccc2-c2noc(=O)[nH]2)cc1.Cl.[Ca]. The van der Waals surface area contributed by atoms with E-state index in [0.717, 1.165) is 68.0 Å². The first-order valence-electron chi connectivity index (χ1n) is 13.7. The molecule has 11 heteroatoms. The van der Waals surface area contributed by atoms with Gasteiger partial charge in [-0.15, -0.1) is 23.7 Å². The molecule has 0 atom stereocenters. The number of rotatable bonds is 9. The molecular weight excluding hydrogens is 610 g/mol. The first-order chi connectivity index (χ1) is 20.0. The fourth-order valence-corrected chi connectivity index (χ4v) is 6.04. The summed E-state index contributed by atoms with van der Waals surface area (Å²) in [7, 11) is 0. The molecule has 0 amide bonds. The zero-order chi connectivity index (χ0) is 28.3. The fourth-order valence-electron chi connectivity index (χ4n) is 5.09. The maximum Gasteiger partial charge on any atom is 0.439 e. The molecule has 3 aromatic heterocycles. The second-order valence-corrected chi connectivity index (χ2v) is 11.1. The van der Waals surface area contributed by atoms with Gasteiger partial charge in [0.05, 0.1) is 22.5 Å². The van der Waals surface area contributed by atoms with Crippen molar-refractivity contribution < 1.29 is 4.52 Å². The van der Waals surface area contributed by atoms with Crippen molar-refractivity contribution in [3.63, 3.8) is 0 Å². The molecule has 0 aliphatic carbocycles. The number of aromatic amines is 1. The summed E-state index contributed by atoms with van der Waals surface area (Å²) in [6.07, 6.45) is 3.26. The van der Waals surface area contributed by atoms with Crippen LogP contribution in [-0.2, 0) is 19.4 Å². The van der Waals surface area contributed by atoms with Gasteiger partial charge in [0.1, 0.15) is 10.8 Å². The summed E-state index contributed by atoms with van der Waals surface area (Å²) in [6, 6.07) is 23.9. The van der Waals surface area contributed by atoms with Gasteiger partial charge in [0, 0.05) is 55.3 Å². The number of aromatic nitrogens is 5. The van der Waals surface area contributed by atoms with Crippen LogP contribution < -0.4 is 11.3 Å². The van der Waals surface area contributed by atoms with Crippen molar-refractivity contribution in [3.05, 3.63) is 121 Å². The van der Waals surface area contributed by atoms with Crippen LogP contribution in [0.2, 0.25) is 0 Å². The number of H-pyrrole nitrogens is 1. The zero-order valence-electron chi connectivity index (χ0n) is 24.0. The number of aryl methyl sites for hydroxylation is 2. The molecule has 216 valence electrons. The zero-order valence-corrected chi connectivity index (χ0v) is 27.8. The topological polar surface area (TPSA) is 107 Å². The van der Waals surface area contributed by atoms with Crippen LogP contribution in [0.4, 0.5) is 0 Å². The molecule has 0 aliphatic rings. The van der Waals surface area contributed by atoms with Crippen molar-refractivity contribution in [3.8, 4) is 22.5 Å². The van der Waals surface area contributed by atoms with Gasteiger partial charge in [-0.05, 0) is 48.6 Å². The number of nitrogens with zero attached hydrogens (tertiary/aromatic N) is 4. The minimum atomic E-state index is -0.593. The maximum absolute atomic E-state index is 13.9. The predicted molar refractivity (Wildman–Crippen MR) is 174 cm³/mol. The summed E-state index contributed by atoms with van der Waals surface area (Å²) in [5.41, 5.74) is 6.23. The number of unbranched alkanes of at least 4 members (excludes halogenated alkanes) is 1. The van der Waals surface area contributed by atoms with E-state index in [1.165, 1.54) is 0 Å². The van der Waals surface area contributed by atoms with Gasteiger partial charge in [0.25, 0.3) is 5.56 Å². The van der Waals surface area contributed by atoms with Crippen LogP contribution in [-0.4, -0.2) is 62.4 Å². The number of halogens is 1. The molecule has 0 bridgehead atoms. The Labute approximate surface area is 288 Å². The molecular formula is C32H30CaClN5O3S. The van der Waals surface area contributed by atoms with E-state index in [1.807, 2.05) is 73.7 Å². The minimum absolute atomic E-state index is 0. The quantitative estimate of drug-likeness (QED) is 0.189. The first-order valence-corrected chi connectivity index (χ1v) is 14.5. The van der Waals surface area contributed by atoms with Gasteiger partial charge in [0.15, 0.2) is 5.82 Å². The van der Waals surface area contributed by atoms with E-state index >= 15 is 0 Å². The number of hydrogen-bond donors (Lipinski definition) is 1. The van der Waals surface area contributed by atoms with Gasteiger partial charge in [-0.2, -0.15) is 0 Å². The fraction of sp³-hybridized carbons (Fsp3) is 0.219. The molecule has 0 aliphatic heterocycles. The Bertz CT molecular complexity index is 1930. The Balaban J connectivity index is 0.00000212. The number of benzene rings is 3. The Hall–Kier alpha value is -3.08. The Kier molecular flexibility index (Phi) is 11.1. The molecule has 1 N–H and O–H groups in total. The van der Waals surface area contributed by atoms with Crippen LogP contribution in [0, 0.1) is 6.92 Å². The molecule has 2 radical (unpaired) electrons. The largest absolute Gasteiger partial charge is 0.439 e. The van der Waals surface area contributed by atoms with Crippen molar-refractivity contribution in [2.75, 3.05) is 0 Å². The second-order valence-electron chi connectivity index (χ2n) is 10.0. The van der Waals surface area contributed by atoms with Crippen molar-refractivity contribution in [2.24, 2.45) is 0 Å². The molecule has 8 nitrogen and oxygen atoms in total. The number of hydrogen-bond acceptors (Lipinski definition) is 7. The maximum atomic E-state index is 13.9. The van der Waals surface area contributed by atoms with Gasteiger partial charge in [-0.1, -0.05) is 79.2 Å². The predicted octanol–water partition coefficient (Wildman–Crippen LogP) is 6.19. The van der Waals surface area contributed by atoms with E-state index in [-0.39, 0.29) is 55.7 Å². The van der Waals surface area contributed by atoms with Crippen LogP contribution in [0.1, 0.15) is 47.4 Å². The number of nitrogens with one attached hydrogen (secondary N) is 1. The Morgan fingerprint density at radius 2 is 1.65 bits per heavy atom. The van der Waals surface area contributed by atoms with Gasteiger partial charge >= 0.3 is 5.76 Å². The standard InChI is InChI=1S/C32H29N5O3S.Ca.ClH/c1-3-4-11-26-25(31(38)37(20(2)33-26)19-29-34-27-12-7-8-13-28(27)41-29)18-21-14-16-22(17-15-21)23-9-5-6-10-24(23)30-35-32(39)40-36-30;;/h5-10,12-17H,3-4,11,18-19H2,1-2H3,(H,35,36,39);;1H. The van der Waals surface area contributed by atoms with Crippen LogP contribution >= 0.6 is 23.7 Å². The molecule has 0 spiro atoms. The third kappa shape index (κ3) is 7.19. The van der Waals surface area contributed by atoms with Crippen LogP contribution in [0.3, 0.4) is 0 Å². The number of para-hydroxylation sites is 1. The molecule has 0 saturated heterocycles. The summed E-state index contributed by atoms with van der Waals surface area (Å²) in [6.45, 7) is 4.45. The van der Waals surface area contributed by atoms with E-state index < -0.39 is 5.76 Å². The van der Waals surface area contributed by atoms with Gasteiger partial charge in [0.2, 0.25) is 0 Å². The average Bonchev–Trinajstić information content (AvgIpc) is 3.62. The summed E-state index contributed by atoms with van der Waals surface area (Å²) < 4.78 is 7.58. The van der Waals surface area contributed by atoms with Crippen molar-refractivity contribution in [2.45, 2.75) is 46.1 Å². The first kappa shape index (κ1) is 32.8. The molecule has 0 unspecified atom stereocenters. The van der Waals surface area contributed by atoms with E-state index in [9.17, 15) is 9.59 Å². The van der Waals surface area contributed by atoms with Crippen LogP contribution in [0.15, 0.2) is 86.9 Å². The number of fused-ring (bicyclic) bond motifs is 1. The van der Waals surface area contributed by atoms with Gasteiger partial charge < -0.3 is 0 Å². The average molecular weight is 640 g/mol. The summed E-state index contributed by atoms with van der Waals surface area (Å²) in [5.74, 6) is 0.501. The van der Waals surface area contributed by atoms with E-state index in [2.05, 4.69) is 23.1 Å². The van der Waals surface area contributed by atoms with Crippen molar-refractivity contribution >= 4 is 71.7 Å². The molecule has 3 heterocycles. The van der Waals surface area contributed by atoms with Gasteiger partial charge in [-0.25, -0.2) is 14.8 Å². The monoisotopic (exact) mass is 639 g/mol. The summed E-state index contributed by atoms with van der Waals surface area (Å²) >= 11 is 1.61. The third-order valence-electron chi connectivity index (χ3n) is 7.21. The molecule has 0 saturated carbocycles. The van der Waals surface area contributed by atoms with Gasteiger partial charge in [-0.3, -0.25) is 18.9 Å². The Morgan fingerprint density at radius 3 is 2.35 bits per heavy atom. The minimum Gasteiger partial charge on any atom is -0.296 e. The van der Waals surface area contributed by atoms with Crippen LogP contribution in [0.25, 0.3) is 32.7 Å².